The molecule has 0 aliphatic heterocycles. The number of aromatic nitrogens is 1. The van der Waals surface area contributed by atoms with Crippen molar-refractivity contribution in [2.75, 3.05) is 0 Å². The Morgan fingerprint density at radius 2 is 1.97 bits per heavy atom. The van der Waals surface area contributed by atoms with Crippen LogP contribution in [0.5, 0.6) is 0 Å². The normalized spacial score (nSPS) is 14.3. The minimum absolute atomic E-state index is 0.00675. The molecule has 3 aromatic rings. The number of amides is 1. The van der Waals surface area contributed by atoms with Gasteiger partial charge in [0.25, 0.3) is 0 Å². The summed E-state index contributed by atoms with van der Waals surface area (Å²) in [6.07, 6.45) is 7.28. The standard InChI is InChI=1S/C24H25ClN2O2/c1-16(18-11-10-17-6-2-3-7-19(17)14-18)27-23(28)12-13-24-26-15-22(29-24)20-8-4-5-9-21(20)25/h4-5,8-11,14-16H,2-3,6-7,12-13H2,1H3,(H,27,28). The molecule has 1 atom stereocenters. The van der Waals surface area contributed by atoms with E-state index in [-0.39, 0.29) is 11.9 Å². The van der Waals surface area contributed by atoms with Crippen LogP contribution in [0.3, 0.4) is 0 Å². The van der Waals surface area contributed by atoms with Crippen LogP contribution in [0.4, 0.5) is 0 Å². The molecule has 29 heavy (non-hydrogen) atoms. The molecule has 1 aliphatic carbocycles. The number of nitrogens with zero attached hydrogens (tertiary/aromatic N) is 1. The second kappa shape index (κ2) is 8.83. The van der Waals surface area contributed by atoms with Gasteiger partial charge in [-0.3, -0.25) is 4.79 Å². The molecule has 0 fully saturated rings. The van der Waals surface area contributed by atoms with E-state index in [1.165, 1.54) is 30.4 Å². The number of oxazole rings is 1. The molecule has 0 saturated heterocycles. The van der Waals surface area contributed by atoms with Crippen molar-refractivity contribution in [3.05, 3.63) is 76.3 Å². The molecule has 5 heteroatoms. The fraction of sp³-hybridized carbons (Fsp3) is 0.333. The van der Waals surface area contributed by atoms with Gasteiger partial charge in [0.2, 0.25) is 5.91 Å². The minimum Gasteiger partial charge on any atom is -0.441 e. The van der Waals surface area contributed by atoms with Crippen LogP contribution in [0.15, 0.2) is 53.1 Å². The first-order valence-corrected chi connectivity index (χ1v) is 10.6. The number of carbonyl (C=O) groups is 1. The molecule has 4 rings (SSSR count). The van der Waals surface area contributed by atoms with E-state index in [9.17, 15) is 4.79 Å². The van der Waals surface area contributed by atoms with Gasteiger partial charge in [-0.2, -0.15) is 0 Å². The molecular formula is C24H25ClN2O2. The van der Waals surface area contributed by atoms with E-state index in [0.717, 1.165) is 17.5 Å². The van der Waals surface area contributed by atoms with Gasteiger partial charge in [-0.15, -0.1) is 0 Å². The zero-order chi connectivity index (χ0) is 20.2. The highest BCUT2D eigenvalue weighted by Gasteiger charge is 2.15. The number of fused-ring (bicyclic) bond motifs is 1. The van der Waals surface area contributed by atoms with E-state index in [4.69, 9.17) is 16.0 Å². The van der Waals surface area contributed by atoms with Crippen LogP contribution in [0.2, 0.25) is 5.02 Å². The predicted molar refractivity (Wildman–Crippen MR) is 115 cm³/mol. The molecule has 4 nitrogen and oxygen atoms in total. The van der Waals surface area contributed by atoms with Gasteiger partial charge >= 0.3 is 0 Å². The zero-order valence-electron chi connectivity index (χ0n) is 16.6. The zero-order valence-corrected chi connectivity index (χ0v) is 17.3. The molecular weight excluding hydrogens is 384 g/mol. The molecule has 0 spiro atoms. The van der Waals surface area contributed by atoms with E-state index in [0.29, 0.717) is 29.5 Å². The van der Waals surface area contributed by atoms with Crippen LogP contribution in [-0.2, 0) is 24.1 Å². The molecule has 1 aromatic heterocycles. The van der Waals surface area contributed by atoms with Crippen LogP contribution in [0, 0.1) is 0 Å². The van der Waals surface area contributed by atoms with Gasteiger partial charge in [0.05, 0.1) is 17.3 Å². The molecule has 1 unspecified atom stereocenters. The van der Waals surface area contributed by atoms with Crippen LogP contribution in [0.1, 0.15) is 54.8 Å². The molecule has 0 radical (unpaired) electrons. The third kappa shape index (κ3) is 4.70. The summed E-state index contributed by atoms with van der Waals surface area (Å²) in [6.45, 7) is 2.03. The molecule has 150 valence electrons. The van der Waals surface area contributed by atoms with Gasteiger partial charge in [-0.1, -0.05) is 41.9 Å². The molecule has 2 aromatic carbocycles. The molecule has 1 aliphatic rings. The van der Waals surface area contributed by atoms with E-state index in [2.05, 4.69) is 28.5 Å². The Bertz CT molecular complexity index is 1010. The lowest BCUT2D eigenvalue weighted by Crippen LogP contribution is -2.27. The maximum Gasteiger partial charge on any atom is 0.220 e. The van der Waals surface area contributed by atoms with Crippen molar-refractivity contribution < 1.29 is 9.21 Å². The highest BCUT2D eigenvalue weighted by Crippen LogP contribution is 2.28. The third-order valence-electron chi connectivity index (χ3n) is 5.51. The minimum atomic E-state index is -0.0158. The van der Waals surface area contributed by atoms with Gasteiger partial charge in [0.1, 0.15) is 0 Å². The predicted octanol–water partition coefficient (Wildman–Crippen LogP) is 5.68. The summed E-state index contributed by atoms with van der Waals surface area (Å²) >= 11 is 6.20. The average molecular weight is 409 g/mol. The summed E-state index contributed by atoms with van der Waals surface area (Å²) in [5.41, 5.74) is 4.85. The second-order valence-corrected chi connectivity index (χ2v) is 8.03. The Kier molecular flexibility index (Phi) is 6.00. The van der Waals surface area contributed by atoms with Crippen LogP contribution in [0.25, 0.3) is 11.3 Å². The molecule has 0 bridgehead atoms. The SMILES string of the molecule is CC(NC(=O)CCc1ncc(-c2ccccc2Cl)o1)c1ccc2c(c1)CCCC2. The van der Waals surface area contributed by atoms with E-state index < -0.39 is 0 Å². The number of hydrogen-bond donors (Lipinski definition) is 1. The Morgan fingerprint density at radius 3 is 2.79 bits per heavy atom. The molecule has 1 heterocycles. The Labute approximate surface area is 176 Å². The number of benzene rings is 2. The van der Waals surface area contributed by atoms with Crippen molar-refractivity contribution in [1.29, 1.82) is 0 Å². The summed E-state index contributed by atoms with van der Waals surface area (Å²) < 4.78 is 5.78. The van der Waals surface area contributed by atoms with Crippen molar-refractivity contribution in [1.82, 2.24) is 10.3 Å². The Morgan fingerprint density at radius 1 is 1.17 bits per heavy atom. The van der Waals surface area contributed by atoms with E-state index in [1.807, 2.05) is 31.2 Å². The fourth-order valence-corrected chi connectivity index (χ4v) is 4.08. The number of carbonyl (C=O) groups excluding carboxylic acids is 1. The average Bonchev–Trinajstić information content (AvgIpc) is 3.21. The topological polar surface area (TPSA) is 55.1 Å². The van der Waals surface area contributed by atoms with Crippen molar-refractivity contribution in [3.63, 3.8) is 0 Å². The van der Waals surface area contributed by atoms with Crippen molar-refractivity contribution >= 4 is 17.5 Å². The summed E-state index contributed by atoms with van der Waals surface area (Å²) in [6, 6.07) is 14.1. The highest BCUT2D eigenvalue weighted by atomic mass is 35.5. The monoisotopic (exact) mass is 408 g/mol. The third-order valence-corrected chi connectivity index (χ3v) is 5.84. The lowest BCUT2D eigenvalue weighted by molar-refractivity contribution is -0.121. The summed E-state index contributed by atoms with van der Waals surface area (Å²) in [5.74, 6) is 1.15. The number of rotatable bonds is 6. The number of halogens is 1. The van der Waals surface area contributed by atoms with Gasteiger partial charge in [-0.05, 0) is 61.4 Å². The van der Waals surface area contributed by atoms with Crippen LogP contribution < -0.4 is 5.32 Å². The van der Waals surface area contributed by atoms with Crippen molar-refractivity contribution in [2.45, 2.75) is 51.5 Å². The highest BCUT2D eigenvalue weighted by molar-refractivity contribution is 6.33. The van der Waals surface area contributed by atoms with E-state index in [1.54, 1.807) is 6.20 Å². The summed E-state index contributed by atoms with van der Waals surface area (Å²) in [7, 11) is 0. The fourth-order valence-electron chi connectivity index (χ4n) is 3.85. The number of nitrogens with one attached hydrogen (secondary N) is 1. The lowest BCUT2D eigenvalue weighted by Gasteiger charge is -2.20. The Balaban J connectivity index is 1.33. The first-order valence-electron chi connectivity index (χ1n) is 10.2. The summed E-state index contributed by atoms with van der Waals surface area (Å²) in [5, 5.41) is 3.71. The molecule has 0 saturated carbocycles. The number of hydrogen-bond acceptors (Lipinski definition) is 3. The molecule has 1 amide bonds. The maximum atomic E-state index is 12.4. The van der Waals surface area contributed by atoms with Gasteiger partial charge < -0.3 is 9.73 Å². The first-order chi connectivity index (χ1) is 14.1. The lowest BCUT2D eigenvalue weighted by atomic mass is 9.89. The largest absolute Gasteiger partial charge is 0.441 e. The Hall–Kier alpha value is -2.59. The smallest absolute Gasteiger partial charge is 0.220 e. The number of aryl methyl sites for hydroxylation is 3. The van der Waals surface area contributed by atoms with E-state index >= 15 is 0 Å². The van der Waals surface area contributed by atoms with Crippen LogP contribution >= 0.6 is 11.6 Å². The van der Waals surface area contributed by atoms with Gasteiger partial charge in [0, 0.05) is 18.4 Å². The first kappa shape index (κ1) is 19.7. The van der Waals surface area contributed by atoms with Crippen molar-refractivity contribution in [2.24, 2.45) is 0 Å². The van der Waals surface area contributed by atoms with Gasteiger partial charge in [-0.25, -0.2) is 4.98 Å². The second-order valence-electron chi connectivity index (χ2n) is 7.62. The summed E-state index contributed by atoms with van der Waals surface area (Å²) in [4.78, 5) is 16.7. The van der Waals surface area contributed by atoms with Crippen LogP contribution in [-0.4, -0.2) is 10.9 Å². The molecule has 1 N–H and O–H groups in total. The maximum absolute atomic E-state index is 12.4. The van der Waals surface area contributed by atoms with Crippen molar-refractivity contribution in [3.8, 4) is 11.3 Å². The quantitative estimate of drug-likeness (QED) is 0.570. The van der Waals surface area contributed by atoms with Gasteiger partial charge in [0.15, 0.2) is 11.7 Å².